The molecule has 114 valence electrons. The number of hydroxylamine groups is 2. The Labute approximate surface area is 128 Å². The SMILES string of the molecule is COC(=O)[C@@H]1ON(C)[C@@H]2c3c(ccc4ccccc34)OC[C@@H]21. The lowest BCUT2D eigenvalue weighted by Gasteiger charge is -2.31. The molecule has 0 bridgehead atoms. The van der Waals surface area contributed by atoms with Crippen LogP contribution in [0.25, 0.3) is 10.8 Å². The molecule has 22 heavy (non-hydrogen) atoms. The summed E-state index contributed by atoms with van der Waals surface area (Å²) in [6, 6.07) is 12.2. The highest BCUT2D eigenvalue weighted by atomic mass is 16.7. The van der Waals surface area contributed by atoms with Crippen molar-refractivity contribution in [1.82, 2.24) is 5.06 Å². The van der Waals surface area contributed by atoms with Gasteiger partial charge in [0, 0.05) is 12.6 Å². The molecule has 0 aliphatic carbocycles. The molecule has 0 amide bonds. The molecule has 2 aliphatic rings. The summed E-state index contributed by atoms with van der Waals surface area (Å²) in [5.74, 6) is 0.434. The van der Waals surface area contributed by atoms with E-state index in [-0.39, 0.29) is 17.9 Å². The molecular formula is C17H17NO4. The number of methoxy groups -OCH3 is 1. The zero-order chi connectivity index (χ0) is 15.3. The van der Waals surface area contributed by atoms with Crippen LogP contribution < -0.4 is 4.74 Å². The van der Waals surface area contributed by atoms with Crippen LogP contribution in [0.4, 0.5) is 0 Å². The average Bonchev–Trinajstić information content (AvgIpc) is 2.91. The third-order valence-electron chi connectivity index (χ3n) is 4.56. The minimum Gasteiger partial charge on any atom is -0.493 e. The fourth-order valence-electron chi connectivity index (χ4n) is 3.56. The number of hydrogen-bond donors (Lipinski definition) is 0. The van der Waals surface area contributed by atoms with Gasteiger partial charge in [0.1, 0.15) is 5.75 Å². The predicted molar refractivity (Wildman–Crippen MR) is 80.3 cm³/mol. The number of ether oxygens (including phenoxy) is 2. The highest BCUT2D eigenvalue weighted by Crippen LogP contribution is 2.48. The monoisotopic (exact) mass is 299 g/mol. The first-order valence-electron chi connectivity index (χ1n) is 7.32. The van der Waals surface area contributed by atoms with Crippen LogP contribution in [0.1, 0.15) is 11.6 Å². The van der Waals surface area contributed by atoms with Gasteiger partial charge in [-0.3, -0.25) is 4.84 Å². The van der Waals surface area contributed by atoms with Crippen molar-refractivity contribution < 1.29 is 19.1 Å². The summed E-state index contributed by atoms with van der Waals surface area (Å²) in [7, 11) is 3.24. The van der Waals surface area contributed by atoms with Crippen LogP contribution in [0.15, 0.2) is 36.4 Å². The lowest BCUT2D eigenvalue weighted by Crippen LogP contribution is -2.35. The van der Waals surface area contributed by atoms with E-state index in [1.165, 1.54) is 7.11 Å². The maximum atomic E-state index is 12.0. The molecule has 2 aliphatic heterocycles. The number of carbonyl (C=O) groups is 1. The van der Waals surface area contributed by atoms with Gasteiger partial charge >= 0.3 is 5.97 Å². The van der Waals surface area contributed by atoms with Crippen molar-refractivity contribution in [2.24, 2.45) is 5.92 Å². The van der Waals surface area contributed by atoms with Crippen molar-refractivity contribution in [3.8, 4) is 5.75 Å². The molecule has 1 fully saturated rings. The summed E-state index contributed by atoms with van der Waals surface area (Å²) >= 11 is 0. The molecule has 2 heterocycles. The number of benzene rings is 2. The van der Waals surface area contributed by atoms with Crippen molar-refractivity contribution >= 4 is 16.7 Å². The van der Waals surface area contributed by atoms with Crippen LogP contribution in [0, 0.1) is 5.92 Å². The van der Waals surface area contributed by atoms with E-state index in [0.29, 0.717) is 6.61 Å². The molecule has 4 rings (SSSR count). The second-order valence-electron chi connectivity index (χ2n) is 5.71. The van der Waals surface area contributed by atoms with E-state index in [9.17, 15) is 4.79 Å². The van der Waals surface area contributed by atoms with Gasteiger partial charge in [-0.2, -0.15) is 5.06 Å². The van der Waals surface area contributed by atoms with E-state index in [0.717, 1.165) is 22.1 Å². The Morgan fingerprint density at radius 3 is 2.91 bits per heavy atom. The topological polar surface area (TPSA) is 48.0 Å². The summed E-state index contributed by atoms with van der Waals surface area (Å²) in [5, 5.41) is 4.05. The normalized spacial score (nSPS) is 27.1. The summed E-state index contributed by atoms with van der Waals surface area (Å²) in [5.41, 5.74) is 1.09. The zero-order valence-corrected chi connectivity index (χ0v) is 12.5. The predicted octanol–water partition coefficient (Wildman–Crippen LogP) is 2.31. The van der Waals surface area contributed by atoms with Crippen LogP contribution in [-0.4, -0.2) is 37.9 Å². The largest absolute Gasteiger partial charge is 0.493 e. The number of hydrogen-bond acceptors (Lipinski definition) is 5. The molecule has 2 aromatic carbocycles. The minimum atomic E-state index is -0.618. The molecule has 3 atom stereocenters. The van der Waals surface area contributed by atoms with Crippen LogP contribution in [0.3, 0.4) is 0 Å². The van der Waals surface area contributed by atoms with Gasteiger partial charge < -0.3 is 9.47 Å². The fraction of sp³-hybridized carbons (Fsp3) is 0.353. The molecule has 0 saturated carbocycles. The molecule has 0 spiro atoms. The molecule has 0 N–H and O–H groups in total. The Morgan fingerprint density at radius 2 is 2.09 bits per heavy atom. The van der Waals surface area contributed by atoms with Crippen molar-refractivity contribution in [3.63, 3.8) is 0 Å². The highest BCUT2D eigenvalue weighted by Gasteiger charge is 2.50. The fourth-order valence-corrected chi connectivity index (χ4v) is 3.56. The van der Waals surface area contributed by atoms with Gasteiger partial charge in [0.05, 0.1) is 25.7 Å². The molecule has 1 saturated heterocycles. The van der Waals surface area contributed by atoms with E-state index >= 15 is 0 Å². The van der Waals surface area contributed by atoms with Gasteiger partial charge in [0.15, 0.2) is 6.10 Å². The molecule has 0 unspecified atom stereocenters. The van der Waals surface area contributed by atoms with E-state index in [4.69, 9.17) is 14.3 Å². The molecule has 5 heteroatoms. The van der Waals surface area contributed by atoms with Gasteiger partial charge in [-0.25, -0.2) is 4.79 Å². The smallest absolute Gasteiger partial charge is 0.337 e. The Balaban J connectivity index is 1.87. The summed E-state index contributed by atoms with van der Waals surface area (Å²) in [6.45, 7) is 0.445. The Morgan fingerprint density at radius 1 is 1.27 bits per heavy atom. The van der Waals surface area contributed by atoms with Crippen LogP contribution in [0.2, 0.25) is 0 Å². The van der Waals surface area contributed by atoms with E-state index in [1.54, 1.807) is 5.06 Å². The maximum Gasteiger partial charge on any atom is 0.337 e. The van der Waals surface area contributed by atoms with Crippen molar-refractivity contribution in [3.05, 3.63) is 42.0 Å². The summed E-state index contributed by atoms with van der Waals surface area (Å²) in [4.78, 5) is 17.7. The quantitative estimate of drug-likeness (QED) is 0.756. The van der Waals surface area contributed by atoms with Gasteiger partial charge in [0.2, 0.25) is 0 Å². The number of esters is 1. The molecule has 0 aromatic heterocycles. The standard InChI is InChI=1S/C17H17NO4/c1-18-15-12(16(22-18)17(19)20-2)9-21-13-8-7-10-5-3-4-6-11(10)14(13)15/h3-8,12,15-16H,9H2,1-2H3/t12-,15-,16+/m0/s1. The van der Waals surface area contributed by atoms with Gasteiger partial charge in [0.25, 0.3) is 0 Å². The van der Waals surface area contributed by atoms with E-state index < -0.39 is 6.10 Å². The second kappa shape index (κ2) is 4.97. The molecule has 0 radical (unpaired) electrons. The highest BCUT2D eigenvalue weighted by molar-refractivity contribution is 5.89. The van der Waals surface area contributed by atoms with Crippen molar-refractivity contribution in [2.75, 3.05) is 20.8 Å². The summed E-state index contributed by atoms with van der Waals surface area (Å²) < 4.78 is 10.8. The van der Waals surface area contributed by atoms with Gasteiger partial charge in [-0.1, -0.05) is 30.3 Å². The Hall–Kier alpha value is -2.11. The van der Waals surface area contributed by atoms with Crippen LogP contribution in [0.5, 0.6) is 5.75 Å². The number of fused-ring (bicyclic) bond motifs is 5. The first-order chi connectivity index (χ1) is 10.7. The average molecular weight is 299 g/mol. The number of nitrogens with zero attached hydrogens (tertiary/aromatic N) is 1. The minimum absolute atomic E-state index is 0.0149. The van der Waals surface area contributed by atoms with Crippen molar-refractivity contribution in [1.29, 1.82) is 0 Å². The summed E-state index contributed by atoms with van der Waals surface area (Å²) in [6.07, 6.45) is -0.618. The number of rotatable bonds is 1. The third-order valence-corrected chi connectivity index (χ3v) is 4.56. The zero-order valence-electron chi connectivity index (χ0n) is 12.5. The van der Waals surface area contributed by atoms with E-state index in [1.807, 2.05) is 25.2 Å². The lowest BCUT2D eigenvalue weighted by molar-refractivity contribution is -0.180. The first-order valence-corrected chi connectivity index (χ1v) is 7.32. The van der Waals surface area contributed by atoms with Crippen LogP contribution >= 0.6 is 0 Å². The first kappa shape index (κ1) is 13.5. The lowest BCUT2D eigenvalue weighted by atomic mass is 9.85. The molecule has 5 nitrogen and oxygen atoms in total. The third kappa shape index (κ3) is 1.82. The van der Waals surface area contributed by atoms with Gasteiger partial charge in [-0.05, 0) is 16.8 Å². The maximum absolute atomic E-state index is 12.0. The van der Waals surface area contributed by atoms with Crippen molar-refractivity contribution in [2.45, 2.75) is 12.1 Å². The second-order valence-corrected chi connectivity index (χ2v) is 5.71. The van der Waals surface area contributed by atoms with E-state index in [2.05, 4.69) is 18.2 Å². The Bertz CT molecular complexity index is 745. The Kier molecular flexibility index (Phi) is 3.06. The molecular weight excluding hydrogens is 282 g/mol. The number of carbonyl (C=O) groups excluding carboxylic acids is 1. The van der Waals surface area contributed by atoms with Crippen LogP contribution in [-0.2, 0) is 14.4 Å². The van der Waals surface area contributed by atoms with Gasteiger partial charge in [-0.15, -0.1) is 0 Å². The molecule has 2 aromatic rings.